The van der Waals surface area contributed by atoms with Crippen molar-refractivity contribution in [3.8, 4) is 0 Å². The maximum absolute atomic E-state index is 12.0. The molecule has 0 spiro atoms. The van der Waals surface area contributed by atoms with Gasteiger partial charge >= 0.3 is 6.03 Å². The molecule has 2 N–H and O–H groups in total. The van der Waals surface area contributed by atoms with E-state index in [9.17, 15) is 4.79 Å². The summed E-state index contributed by atoms with van der Waals surface area (Å²) in [5, 5.41) is 6.44. The van der Waals surface area contributed by atoms with E-state index in [1.807, 2.05) is 23.1 Å². The van der Waals surface area contributed by atoms with Crippen molar-refractivity contribution in [2.24, 2.45) is 5.92 Å². The summed E-state index contributed by atoms with van der Waals surface area (Å²) in [6.45, 7) is 3.91. The topological polar surface area (TPSA) is 44.4 Å². The minimum Gasteiger partial charge on any atom is -0.329 e. The predicted octanol–water partition coefficient (Wildman–Crippen LogP) is 1.75. The minimum atomic E-state index is 0.0832. The lowest BCUT2D eigenvalue weighted by atomic mass is 10.0. The van der Waals surface area contributed by atoms with Gasteiger partial charge in [-0.25, -0.2) is 4.79 Å². The molecule has 0 aromatic heterocycles. The number of carbonyl (C=O) groups is 1. The van der Waals surface area contributed by atoms with E-state index in [0.29, 0.717) is 0 Å². The smallest absolute Gasteiger partial charge is 0.318 e. The first-order valence-electron chi connectivity index (χ1n) is 7.14. The van der Waals surface area contributed by atoms with E-state index >= 15 is 0 Å². The molecular formula is C15H21N3O. The first-order chi connectivity index (χ1) is 9.33. The average Bonchev–Trinajstić information content (AvgIpc) is 3.07. The standard InChI is InChI=1S/C15H21N3O/c19-15-17-14(13-4-2-1-3-5-13)11-18(15)9-7-12-6-8-16-10-12/h1-5,12,14,16H,6-11H2,(H,17,19). The Balaban J connectivity index is 1.54. The summed E-state index contributed by atoms with van der Waals surface area (Å²) in [4.78, 5) is 13.9. The molecule has 0 aliphatic carbocycles. The Bertz CT molecular complexity index is 428. The molecule has 2 fully saturated rings. The van der Waals surface area contributed by atoms with Gasteiger partial charge in [0.05, 0.1) is 6.04 Å². The Hall–Kier alpha value is -1.55. The number of amides is 2. The van der Waals surface area contributed by atoms with E-state index in [1.165, 1.54) is 12.0 Å². The zero-order chi connectivity index (χ0) is 13.1. The van der Waals surface area contributed by atoms with Crippen LogP contribution in [0.1, 0.15) is 24.4 Å². The number of hydrogen-bond donors (Lipinski definition) is 2. The van der Waals surface area contributed by atoms with Gasteiger partial charge < -0.3 is 15.5 Å². The quantitative estimate of drug-likeness (QED) is 0.865. The summed E-state index contributed by atoms with van der Waals surface area (Å²) in [6, 6.07) is 10.4. The van der Waals surface area contributed by atoms with Gasteiger partial charge in [0.15, 0.2) is 0 Å². The molecule has 2 unspecified atom stereocenters. The van der Waals surface area contributed by atoms with E-state index < -0.39 is 0 Å². The Kier molecular flexibility index (Phi) is 3.69. The maximum atomic E-state index is 12.0. The third kappa shape index (κ3) is 2.89. The minimum absolute atomic E-state index is 0.0832. The lowest BCUT2D eigenvalue weighted by Gasteiger charge is -2.17. The molecule has 1 aromatic carbocycles. The van der Waals surface area contributed by atoms with Gasteiger partial charge in [-0.1, -0.05) is 30.3 Å². The molecular weight excluding hydrogens is 238 g/mol. The van der Waals surface area contributed by atoms with Crippen molar-refractivity contribution in [2.75, 3.05) is 26.2 Å². The van der Waals surface area contributed by atoms with Crippen LogP contribution in [0, 0.1) is 5.92 Å². The van der Waals surface area contributed by atoms with Crippen LogP contribution >= 0.6 is 0 Å². The second-order valence-electron chi connectivity index (χ2n) is 5.51. The molecule has 2 aliphatic heterocycles. The number of hydrogen-bond acceptors (Lipinski definition) is 2. The van der Waals surface area contributed by atoms with Crippen molar-refractivity contribution in [1.29, 1.82) is 0 Å². The predicted molar refractivity (Wildman–Crippen MR) is 74.9 cm³/mol. The summed E-state index contributed by atoms with van der Waals surface area (Å²) in [5.41, 5.74) is 1.20. The molecule has 102 valence electrons. The Morgan fingerprint density at radius 2 is 2.11 bits per heavy atom. The van der Waals surface area contributed by atoms with E-state index in [2.05, 4.69) is 22.8 Å². The summed E-state index contributed by atoms with van der Waals surface area (Å²) in [6.07, 6.45) is 2.36. The Morgan fingerprint density at radius 1 is 1.26 bits per heavy atom. The molecule has 2 amide bonds. The van der Waals surface area contributed by atoms with Gasteiger partial charge in [0.25, 0.3) is 0 Å². The highest BCUT2D eigenvalue weighted by molar-refractivity contribution is 5.77. The van der Waals surface area contributed by atoms with Crippen LogP contribution in [0.5, 0.6) is 0 Å². The highest BCUT2D eigenvalue weighted by Crippen LogP contribution is 2.21. The van der Waals surface area contributed by atoms with Crippen LogP contribution < -0.4 is 10.6 Å². The highest BCUT2D eigenvalue weighted by Gasteiger charge is 2.29. The van der Waals surface area contributed by atoms with Crippen LogP contribution in [0.4, 0.5) is 4.79 Å². The normalized spacial score (nSPS) is 26.7. The molecule has 1 aromatic rings. The van der Waals surface area contributed by atoms with Gasteiger partial charge in [-0.15, -0.1) is 0 Å². The Labute approximate surface area is 114 Å². The fourth-order valence-electron chi connectivity index (χ4n) is 2.96. The number of nitrogens with one attached hydrogen (secondary N) is 2. The largest absolute Gasteiger partial charge is 0.329 e. The van der Waals surface area contributed by atoms with Gasteiger partial charge in [0.1, 0.15) is 0 Å². The first-order valence-corrected chi connectivity index (χ1v) is 7.14. The van der Waals surface area contributed by atoms with Crippen molar-refractivity contribution < 1.29 is 4.79 Å². The number of nitrogens with zero attached hydrogens (tertiary/aromatic N) is 1. The van der Waals surface area contributed by atoms with Gasteiger partial charge in [0.2, 0.25) is 0 Å². The molecule has 0 radical (unpaired) electrons. The third-order valence-electron chi connectivity index (χ3n) is 4.16. The summed E-state index contributed by atoms with van der Waals surface area (Å²) < 4.78 is 0. The average molecular weight is 259 g/mol. The third-order valence-corrected chi connectivity index (χ3v) is 4.16. The zero-order valence-electron chi connectivity index (χ0n) is 11.1. The summed E-state index contributed by atoms with van der Waals surface area (Å²) >= 11 is 0. The number of benzene rings is 1. The molecule has 0 bridgehead atoms. The second-order valence-corrected chi connectivity index (χ2v) is 5.51. The zero-order valence-corrected chi connectivity index (χ0v) is 11.1. The molecule has 2 heterocycles. The maximum Gasteiger partial charge on any atom is 0.318 e. The highest BCUT2D eigenvalue weighted by atomic mass is 16.2. The lowest BCUT2D eigenvalue weighted by molar-refractivity contribution is 0.214. The van der Waals surface area contributed by atoms with Crippen molar-refractivity contribution in [1.82, 2.24) is 15.5 Å². The van der Waals surface area contributed by atoms with E-state index in [1.54, 1.807) is 0 Å². The van der Waals surface area contributed by atoms with Crippen LogP contribution in [-0.2, 0) is 0 Å². The van der Waals surface area contributed by atoms with Crippen molar-refractivity contribution >= 4 is 6.03 Å². The SMILES string of the molecule is O=C1NC(c2ccccc2)CN1CCC1CCNC1. The molecule has 2 atom stereocenters. The van der Waals surface area contributed by atoms with Crippen LogP contribution in [0.25, 0.3) is 0 Å². The number of carbonyl (C=O) groups excluding carboxylic acids is 1. The monoisotopic (exact) mass is 259 g/mol. The molecule has 2 aliphatic rings. The summed E-state index contributed by atoms with van der Waals surface area (Å²) in [7, 11) is 0. The van der Waals surface area contributed by atoms with Gasteiger partial charge in [-0.3, -0.25) is 0 Å². The molecule has 0 saturated carbocycles. The van der Waals surface area contributed by atoms with Gasteiger partial charge in [0, 0.05) is 13.1 Å². The van der Waals surface area contributed by atoms with Crippen LogP contribution in [0.15, 0.2) is 30.3 Å². The molecule has 19 heavy (non-hydrogen) atoms. The van der Waals surface area contributed by atoms with Crippen molar-refractivity contribution in [3.05, 3.63) is 35.9 Å². The fraction of sp³-hybridized carbons (Fsp3) is 0.533. The number of rotatable bonds is 4. The first kappa shape index (κ1) is 12.5. The number of urea groups is 1. The molecule has 4 heteroatoms. The Morgan fingerprint density at radius 3 is 2.84 bits per heavy atom. The molecule has 2 saturated heterocycles. The van der Waals surface area contributed by atoms with E-state index in [4.69, 9.17) is 0 Å². The van der Waals surface area contributed by atoms with Crippen LogP contribution in [0.3, 0.4) is 0 Å². The van der Waals surface area contributed by atoms with Crippen LogP contribution in [0.2, 0.25) is 0 Å². The van der Waals surface area contributed by atoms with Gasteiger partial charge in [-0.2, -0.15) is 0 Å². The molecule has 4 nitrogen and oxygen atoms in total. The van der Waals surface area contributed by atoms with Crippen molar-refractivity contribution in [3.63, 3.8) is 0 Å². The molecule has 3 rings (SSSR count). The van der Waals surface area contributed by atoms with E-state index in [-0.39, 0.29) is 12.1 Å². The van der Waals surface area contributed by atoms with Crippen LogP contribution in [-0.4, -0.2) is 37.1 Å². The van der Waals surface area contributed by atoms with E-state index in [0.717, 1.165) is 38.5 Å². The second kappa shape index (κ2) is 5.61. The fourth-order valence-corrected chi connectivity index (χ4v) is 2.96. The van der Waals surface area contributed by atoms with Crippen molar-refractivity contribution in [2.45, 2.75) is 18.9 Å². The lowest BCUT2D eigenvalue weighted by Crippen LogP contribution is -2.30. The summed E-state index contributed by atoms with van der Waals surface area (Å²) in [5.74, 6) is 0.739. The van der Waals surface area contributed by atoms with Gasteiger partial charge in [-0.05, 0) is 37.4 Å².